The minimum atomic E-state index is -0.334. The second-order valence-electron chi connectivity index (χ2n) is 7.60. The third kappa shape index (κ3) is 4.21. The largest absolute Gasteiger partial charge is 0.497 e. The summed E-state index contributed by atoms with van der Waals surface area (Å²) >= 11 is 0. The van der Waals surface area contributed by atoms with Crippen LogP contribution in [-0.2, 0) is 11.3 Å². The summed E-state index contributed by atoms with van der Waals surface area (Å²) < 4.78 is 21.2. The molecule has 0 bridgehead atoms. The number of aromatic nitrogens is 2. The first-order valence-electron chi connectivity index (χ1n) is 10.0. The van der Waals surface area contributed by atoms with Crippen molar-refractivity contribution in [3.63, 3.8) is 0 Å². The molecule has 0 radical (unpaired) electrons. The van der Waals surface area contributed by atoms with Gasteiger partial charge in [0.1, 0.15) is 17.3 Å². The van der Waals surface area contributed by atoms with Gasteiger partial charge in [0.05, 0.1) is 18.7 Å². The molecule has 2 heterocycles. The summed E-state index contributed by atoms with van der Waals surface area (Å²) in [5.41, 5.74) is 8.59. The Hall–Kier alpha value is -3.19. The maximum absolute atomic E-state index is 14.4. The van der Waals surface area contributed by atoms with Crippen LogP contribution in [0.3, 0.4) is 0 Å². The Kier molecular flexibility index (Phi) is 5.81. The van der Waals surface area contributed by atoms with E-state index >= 15 is 0 Å². The van der Waals surface area contributed by atoms with Gasteiger partial charge < -0.3 is 10.5 Å². The molecule has 0 aliphatic carbocycles. The van der Waals surface area contributed by atoms with Crippen molar-refractivity contribution in [1.82, 2.24) is 14.7 Å². The highest BCUT2D eigenvalue weighted by atomic mass is 19.1. The number of amides is 1. The zero-order chi connectivity index (χ0) is 21.1. The van der Waals surface area contributed by atoms with Crippen LogP contribution in [0.15, 0.2) is 54.7 Å². The number of benzene rings is 2. The van der Waals surface area contributed by atoms with Crippen LogP contribution in [-0.4, -0.2) is 40.8 Å². The fourth-order valence-corrected chi connectivity index (χ4v) is 3.95. The molecular formula is C23H25FN4O2. The Labute approximate surface area is 175 Å². The molecule has 1 aliphatic rings. The molecule has 1 aromatic heterocycles. The number of piperidine rings is 1. The summed E-state index contributed by atoms with van der Waals surface area (Å²) in [5, 5.41) is 4.70. The van der Waals surface area contributed by atoms with Gasteiger partial charge in [0, 0.05) is 30.4 Å². The number of primary amides is 1. The lowest BCUT2D eigenvalue weighted by Crippen LogP contribution is -2.40. The number of hydrogen-bond acceptors (Lipinski definition) is 4. The van der Waals surface area contributed by atoms with Crippen molar-refractivity contribution in [1.29, 1.82) is 0 Å². The van der Waals surface area contributed by atoms with E-state index in [1.54, 1.807) is 30.0 Å². The summed E-state index contributed by atoms with van der Waals surface area (Å²) in [4.78, 5) is 13.9. The number of rotatable bonds is 6. The smallest absolute Gasteiger partial charge is 0.221 e. The van der Waals surface area contributed by atoms with Crippen molar-refractivity contribution in [2.24, 2.45) is 11.7 Å². The van der Waals surface area contributed by atoms with Crippen LogP contribution >= 0.6 is 0 Å². The van der Waals surface area contributed by atoms with E-state index in [1.165, 1.54) is 6.07 Å². The Morgan fingerprint density at radius 2 is 2.00 bits per heavy atom. The van der Waals surface area contributed by atoms with Gasteiger partial charge in [-0.3, -0.25) is 9.69 Å². The predicted molar refractivity (Wildman–Crippen MR) is 113 cm³/mol. The first-order valence-corrected chi connectivity index (χ1v) is 10.0. The second-order valence-corrected chi connectivity index (χ2v) is 7.60. The van der Waals surface area contributed by atoms with Crippen molar-refractivity contribution in [2.75, 3.05) is 20.2 Å². The number of ether oxygens (including phenoxy) is 1. The highest BCUT2D eigenvalue weighted by Gasteiger charge is 2.25. The molecule has 1 atom stereocenters. The summed E-state index contributed by atoms with van der Waals surface area (Å²) in [6, 6.07) is 14.2. The molecule has 0 spiro atoms. The van der Waals surface area contributed by atoms with Gasteiger partial charge in [0.25, 0.3) is 0 Å². The van der Waals surface area contributed by atoms with Gasteiger partial charge in [-0.1, -0.05) is 12.1 Å². The molecule has 7 heteroatoms. The highest BCUT2D eigenvalue weighted by Crippen LogP contribution is 2.28. The minimum Gasteiger partial charge on any atom is -0.497 e. The number of likely N-dealkylation sites (tertiary alicyclic amines) is 1. The van der Waals surface area contributed by atoms with E-state index in [0.717, 1.165) is 42.0 Å². The zero-order valence-electron chi connectivity index (χ0n) is 16.9. The van der Waals surface area contributed by atoms with E-state index in [0.29, 0.717) is 18.8 Å². The number of nitrogens with zero attached hydrogens (tertiary/aromatic N) is 3. The summed E-state index contributed by atoms with van der Waals surface area (Å²) in [6.45, 7) is 2.12. The maximum atomic E-state index is 14.4. The fourth-order valence-electron chi connectivity index (χ4n) is 3.95. The number of nitrogens with two attached hydrogens (primary N) is 1. The second kappa shape index (κ2) is 8.67. The van der Waals surface area contributed by atoms with Crippen molar-refractivity contribution in [3.8, 4) is 22.7 Å². The van der Waals surface area contributed by atoms with E-state index in [4.69, 9.17) is 15.6 Å². The minimum absolute atomic E-state index is 0.134. The number of carbonyl (C=O) groups excluding carboxylic acids is 1. The maximum Gasteiger partial charge on any atom is 0.221 e. The first kappa shape index (κ1) is 20.1. The van der Waals surface area contributed by atoms with E-state index in [9.17, 15) is 9.18 Å². The molecule has 1 saturated heterocycles. The molecule has 1 amide bonds. The van der Waals surface area contributed by atoms with E-state index in [1.807, 2.05) is 30.5 Å². The van der Waals surface area contributed by atoms with Crippen molar-refractivity contribution in [3.05, 3.63) is 66.1 Å². The third-order valence-corrected chi connectivity index (χ3v) is 5.55. The molecule has 1 aliphatic heterocycles. The van der Waals surface area contributed by atoms with Gasteiger partial charge in [-0.15, -0.1) is 0 Å². The van der Waals surface area contributed by atoms with Gasteiger partial charge in [0.15, 0.2) is 0 Å². The average molecular weight is 408 g/mol. The molecule has 1 fully saturated rings. The van der Waals surface area contributed by atoms with Crippen LogP contribution in [0.2, 0.25) is 0 Å². The third-order valence-electron chi connectivity index (χ3n) is 5.55. The Morgan fingerprint density at radius 3 is 2.70 bits per heavy atom. The van der Waals surface area contributed by atoms with Crippen LogP contribution in [0.5, 0.6) is 5.75 Å². The molecule has 2 aromatic carbocycles. The van der Waals surface area contributed by atoms with E-state index < -0.39 is 0 Å². The Balaban J connectivity index is 1.70. The van der Waals surface area contributed by atoms with Gasteiger partial charge in [0.2, 0.25) is 5.91 Å². The number of carbonyl (C=O) groups is 1. The van der Waals surface area contributed by atoms with Crippen LogP contribution in [0, 0.1) is 11.7 Å². The van der Waals surface area contributed by atoms with Crippen LogP contribution in [0.1, 0.15) is 18.4 Å². The van der Waals surface area contributed by atoms with Gasteiger partial charge in [-0.2, -0.15) is 5.10 Å². The number of hydrogen-bond donors (Lipinski definition) is 1. The topological polar surface area (TPSA) is 73.4 Å². The van der Waals surface area contributed by atoms with Crippen LogP contribution in [0.4, 0.5) is 4.39 Å². The lowest BCUT2D eigenvalue weighted by Gasteiger charge is -2.31. The summed E-state index contributed by atoms with van der Waals surface area (Å²) in [5.74, 6) is 0.0377. The van der Waals surface area contributed by atoms with E-state index in [-0.39, 0.29) is 17.6 Å². The molecule has 6 nitrogen and oxygen atoms in total. The van der Waals surface area contributed by atoms with Gasteiger partial charge in [-0.05, 0) is 55.8 Å². The Bertz CT molecular complexity index is 1030. The van der Waals surface area contributed by atoms with Crippen molar-refractivity contribution >= 4 is 5.91 Å². The van der Waals surface area contributed by atoms with Gasteiger partial charge >= 0.3 is 0 Å². The number of para-hydroxylation sites is 1. The normalized spacial score (nSPS) is 17.1. The van der Waals surface area contributed by atoms with Crippen molar-refractivity contribution in [2.45, 2.75) is 19.4 Å². The molecule has 156 valence electrons. The molecule has 4 rings (SSSR count). The zero-order valence-corrected chi connectivity index (χ0v) is 16.9. The predicted octanol–water partition coefficient (Wildman–Crippen LogP) is 3.38. The molecule has 2 N–H and O–H groups in total. The molecule has 30 heavy (non-hydrogen) atoms. The average Bonchev–Trinajstić information content (AvgIpc) is 3.17. The Morgan fingerprint density at radius 1 is 1.23 bits per heavy atom. The lowest BCUT2D eigenvalue weighted by molar-refractivity contribution is -0.123. The molecule has 0 saturated carbocycles. The lowest BCUT2D eigenvalue weighted by atomic mass is 9.97. The molecular weight excluding hydrogens is 383 g/mol. The summed E-state index contributed by atoms with van der Waals surface area (Å²) in [7, 11) is 1.62. The van der Waals surface area contributed by atoms with Crippen molar-refractivity contribution < 1.29 is 13.9 Å². The number of methoxy groups -OCH3 is 1. The standard InChI is InChI=1S/C23H25FN4O2/c1-30-19-10-8-16(9-11-19)22-18(14-27-12-4-5-17(13-27)23(25)29)15-28(26-22)21-7-3-2-6-20(21)24/h2-3,6-11,15,17H,4-5,12-14H2,1H3,(H2,25,29)/t17-/m0/s1. The molecule has 3 aromatic rings. The van der Waals surface area contributed by atoms with Gasteiger partial charge in [-0.25, -0.2) is 9.07 Å². The first-order chi connectivity index (χ1) is 14.5. The highest BCUT2D eigenvalue weighted by molar-refractivity contribution is 5.77. The monoisotopic (exact) mass is 408 g/mol. The number of halogens is 1. The quantitative estimate of drug-likeness (QED) is 0.679. The van der Waals surface area contributed by atoms with Crippen LogP contribution in [0.25, 0.3) is 16.9 Å². The molecule has 0 unspecified atom stereocenters. The van der Waals surface area contributed by atoms with E-state index in [2.05, 4.69) is 4.90 Å². The SMILES string of the molecule is COc1ccc(-c2nn(-c3ccccc3F)cc2CN2CCC[C@H](C(N)=O)C2)cc1. The fraction of sp³-hybridized carbons (Fsp3) is 0.304. The van der Waals surface area contributed by atoms with Crippen LogP contribution < -0.4 is 10.5 Å². The summed E-state index contributed by atoms with van der Waals surface area (Å²) in [6.07, 6.45) is 3.62.